The van der Waals surface area contributed by atoms with Crippen LogP contribution in [0.5, 0.6) is 0 Å². The molecule has 1 aromatic rings. The molecule has 106 valence electrons. The Kier molecular flexibility index (Phi) is 4.81. The van der Waals surface area contributed by atoms with Crippen LogP contribution < -0.4 is 11.1 Å². The molecule has 5 nitrogen and oxygen atoms in total. The molecular weight excluding hydrogens is 282 g/mol. The highest BCUT2D eigenvalue weighted by Gasteiger charge is 2.27. The summed E-state index contributed by atoms with van der Waals surface area (Å²) in [5.41, 5.74) is 5.75. The molecule has 0 radical (unpaired) electrons. The summed E-state index contributed by atoms with van der Waals surface area (Å²) < 4.78 is 22.6. The van der Waals surface area contributed by atoms with E-state index in [1.54, 1.807) is 11.3 Å². The molecule has 0 aromatic carbocycles. The van der Waals surface area contributed by atoms with E-state index in [0.29, 0.717) is 24.7 Å². The van der Waals surface area contributed by atoms with Crippen molar-refractivity contribution in [3.63, 3.8) is 0 Å². The highest BCUT2D eigenvalue weighted by molar-refractivity contribution is 7.91. The van der Waals surface area contributed by atoms with E-state index in [4.69, 9.17) is 5.73 Å². The summed E-state index contributed by atoms with van der Waals surface area (Å²) in [6.07, 6.45) is 1.63. The molecule has 1 atom stereocenters. The second kappa shape index (κ2) is 6.38. The summed E-state index contributed by atoms with van der Waals surface area (Å²) >= 11 is 1.72. The van der Waals surface area contributed by atoms with Gasteiger partial charge in [0.2, 0.25) is 0 Å². The van der Waals surface area contributed by atoms with Crippen molar-refractivity contribution in [1.82, 2.24) is 5.32 Å². The smallest absolute Gasteiger partial charge is 0.188 e. The predicted molar refractivity (Wildman–Crippen MR) is 79.3 cm³/mol. The SMILES string of the molecule is NC(=NCC1CCS(=O)(=O)C1)NCCc1cccs1. The minimum Gasteiger partial charge on any atom is -0.370 e. The fourth-order valence-electron chi connectivity index (χ4n) is 2.07. The molecule has 2 heterocycles. The molecule has 1 aromatic heterocycles. The Morgan fingerprint density at radius 3 is 3.05 bits per heavy atom. The number of aliphatic imine (C=N–C) groups is 1. The van der Waals surface area contributed by atoms with Gasteiger partial charge in [-0.05, 0) is 30.2 Å². The molecule has 0 amide bonds. The Labute approximate surface area is 117 Å². The molecule has 0 saturated carbocycles. The van der Waals surface area contributed by atoms with E-state index in [1.165, 1.54) is 4.88 Å². The fraction of sp³-hybridized carbons (Fsp3) is 0.583. The molecule has 1 fully saturated rings. The largest absolute Gasteiger partial charge is 0.370 e. The number of rotatable bonds is 5. The van der Waals surface area contributed by atoms with E-state index < -0.39 is 9.84 Å². The molecular formula is C12H19N3O2S2. The van der Waals surface area contributed by atoms with Crippen molar-refractivity contribution < 1.29 is 8.42 Å². The van der Waals surface area contributed by atoms with Crippen molar-refractivity contribution in [1.29, 1.82) is 0 Å². The molecule has 1 aliphatic rings. The molecule has 1 aliphatic heterocycles. The minimum absolute atomic E-state index is 0.127. The van der Waals surface area contributed by atoms with Crippen LogP contribution in [-0.2, 0) is 16.3 Å². The zero-order valence-corrected chi connectivity index (χ0v) is 12.3. The van der Waals surface area contributed by atoms with Gasteiger partial charge in [-0.2, -0.15) is 0 Å². The lowest BCUT2D eigenvalue weighted by molar-refractivity contribution is 0.590. The molecule has 0 spiro atoms. The Morgan fingerprint density at radius 1 is 1.58 bits per heavy atom. The number of hydrogen-bond acceptors (Lipinski definition) is 4. The molecule has 0 aliphatic carbocycles. The average Bonchev–Trinajstić information content (AvgIpc) is 2.96. The van der Waals surface area contributed by atoms with Crippen LogP contribution in [0.15, 0.2) is 22.5 Å². The molecule has 3 N–H and O–H groups in total. The second-order valence-electron chi connectivity index (χ2n) is 4.75. The number of hydrogen-bond donors (Lipinski definition) is 2. The van der Waals surface area contributed by atoms with Gasteiger partial charge < -0.3 is 11.1 Å². The van der Waals surface area contributed by atoms with E-state index in [2.05, 4.69) is 16.4 Å². The molecule has 0 bridgehead atoms. The van der Waals surface area contributed by atoms with E-state index in [9.17, 15) is 8.42 Å². The molecule has 1 saturated heterocycles. The van der Waals surface area contributed by atoms with Crippen LogP contribution in [0.3, 0.4) is 0 Å². The standard InChI is InChI=1S/C12H19N3O2S2/c13-12(14-5-3-11-2-1-6-18-11)15-8-10-4-7-19(16,17)9-10/h1-2,6,10H,3-5,7-9H2,(H3,13,14,15). The first-order chi connectivity index (χ1) is 9.05. The number of nitrogens with two attached hydrogens (primary N) is 1. The summed E-state index contributed by atoms with van der Waals surface area (Å²) in [6.45, 7) is 1.25. The van der Waals surface area contributed by atoms with Gasteiger partial charge in [0.15, 0.2) is 15.8 Å². The van der Waals surface area contributed by atoms with Gasteiger partial charge in [-0.3, -0.25) is 4.99 Å². The van der Waals surface area contributed by atoms with E-state index in [-0.39, 0.29) is 11.7 Å². The van der Waals surface area contributed by atoms with Gasteiger partial charge in [-0.1, -0.05) is 6.07 Å². The van der Waals surface area contributed by atoms with Crippen LogP contribution >= 0.6 is 11.3 Å². The summed E-state index contributed by atoms with van der Waals surface area (Å²) in [6, 6.07) is 4.11. The topological polar surface area (TPSA) is 84.5 Å². The number of nitrogens with zero attached hydrogens (tertiary/aromatic N) is 1. The lowest BCUT2D eigenvalue weighted by Gasteiger charge is -2.07. The van der Waals surface area contributed by atoms with Crippen molar-refractivity contribution >= 4 is 27.1 Å². The summed E-state index contributed by atoms with van der Waals surface area (Å²) in [5, 5.41) is 5.10. The van der Waals surface area contributed by atoms with Crippen molar-refractivity contribution in [2.75, 3.05) is 24.6 Å². The first kappa shape index (κ1) is 14.3. The van der Waals surface area contributed by atoms with E-state index >= 15 is 0 Å². The number of sulfone groups is 1. The monoisotopic (exact) mass is 301 g/mol. The van der Waals surface area contributed by atoms with Crippen LogP contribution in [0.4, 0.5) is 0 Å². The Balaban J connectivity index is 1.68. The van der Waals surface area contributed by atoms with Gasteiger partial charge >= 0.3 is 0 Å². The fourth-order valence-corrected chi connectivity index (χ4v) is 4.63. The van der Waals surface area contributed by atoms with Crippen molar-refractivity contribution in [2.45, 2.75) is 12.8 Å². The third-order valence-electron chi connectivity index (χ3n) is 3.10. The lowest BCUT2D eigenvalue weighted by atomic mass is 10.1. The van der Waals surface area contributed by atoms with E-state index in [1.807, 2.05) is 11.4 Å². The quantitative estimate of drug-likeness (QED) is 0.617. The molecule has 7 heteroatoms. The lowest BCUT2D eigenvalue weighted by Crippen LogP contribution is -2.33. The number of guanidine groups is 1. The average molecular weight is 301 g/mol. The van der Waals surface area contributed by atoms with Gasteiger partial charge in [0.25, 0.3) is 0 Å². The Bertz CT molecular complexity index is 523. The third kappa shape index (κ3) is 4.83. The van der Waals surface area contributed by atoms with Gasteiger partial charge in [0, 0.05) is 18.0 Å². The maximum absolute atomic E-state index is 11.3. The zero-order valence-electron chi connectivity index (χ0n) is 10.7. The second-order valence-corrected chi connectivity index (χ2v) is 8.01. The zero-order chi connectivity index (χ0) is 13.7. The maximum atomic E-state index is 11.3. The van der Waals surface area contributed by atoms with E-state index in [0.717, 1.165) is 13.0 Å². The summed E-state index contributed by atoms with van der Waals surface area (Å²) in [7, 11) is -2.82. The highest BCUT2D eigenvalue weighted by atomic mass is 32.2. The van der Waals surface area contributed by atoms with Gasteiger partial charge in [0.1, 0.15) is 0 Å². The maximum Gasteiger partial charge on any atom is 0.188 e. The normalized spacial score (nSPS) is 22.5. The Morgan fingerprint density at radius 2 is 2.42 bits per heavy atom. The predicted octanol–water partition coefficient (Wildman–Crippen LogP) is 0.630. The summed E-state index contributed by atoms with van der Waals surface area (Å²) in [4.78, 5) is 5.52. The van der Waals surface area contributed by atoms with Crippen LogP contribution in [0.1, 0.15) is 11.3 Å². The van der Waals surface area contributed by atoms with Crippen molar-refractivity contribution in [3.05, 3.63) is 22.4 Å². The third-order valence-corrected chi connectivity index (χ3v) is 5.88. The first-order valence-corrected chi connectivity index (χ1v) is 9.02. The highest BCUT2D eigenvalue weighted by Crippen LogP contribution is 2.18. The van der Waals surface area contributed by atoms with Crippen LogP contribution in [0.2, 0.25) is 0 Å². The van der Waals surface area contributed by atoms with Gasteiger partial charge in [-0.25, -0.2) is 8.42 Å². The van der Waals surface area contributed by atoms with Crippen LogP contribution in [-0.4, -0.2) is 39.0 Å². The molecule has 19 heavy (non-hydrogen) atoms. The van der Waals surface area contributed by atoms with Crippen molar-refractivity contribution in [3.8, 4) is 0 Å². The van der Waals surface area contributed by atoms with Crippen LogP contribution in [0.25, 0.3) is 0 Å². The number of thiophene rings is 1. The Hall–Kier alpha value is -1.08. The molecule has 1 unspecified atom stereocenters. The first-order valence-electron chi connectivity index (χ1n) is 6.32. The van der Waals surface area contributed by atoms with Crippen molar-refractivity contribution in [2.24, 2.45) is 16.6 Å². The minimum atomic E-state index is -2.82. The summed E-state index contributed by atoms with van der Waals surface area (Å²) in [5.74, 6) is 1.07. The number of nitrogens with one attached hydrogen (secondary N) is 1. The van der Waals surface area contributed by atoms with Gasteiger partial charge in [-0.15, -0.1) is 11.3 Å². The van der Waals surface area contributed by atoms with Crippen LogP contribution in [0, 0.1) is 5.92 Å². The molecule has 2 rings (SSSR count). The van der Waals surface area contributed by atoms with Gasteiger partial charge in [0.05, 0.1) is 11.5 Å².